The summed E-state index contributed by atoms with van der Waals surface area (Å²) in [6.07, 6.45) is 3.49. The number of anilines is 1. The summed E-state index contributed by atoms with van der Waals surface area (Å²) in [5.74, 6) is 0.872. The molecule has 2 heterocycles. The summed E-state index contributed by atoms with van der Waals surface area (Å²) in [5, 5.41) is 6.58. The minimum absolute atomic E-state index is 0.152. The molecule has 0 aliphatic carbocycles. The molecule has 1 aromatic carbocycles. The molecule has 0 radical (unpaired) electrons. The van der Waals surface area contributed by atoms with Crippen molar-refractivity contribution >= 4 is 44.6 Å². The number of esters is 1. The molecule has 144 valence electrons. The fourth-order valence-electron chi connectivity index (χ4n) is 2.16. The third-order valence-electron chi connectivity index (χ3n) is 3.34. The van der Waals surface area contributed by atoms with Gasteiger partial charge in [-0.25, -0.2) is 9.97 Å². The molecule has 0 atom stereocenters. The second kappa shape index (κ2) is 9.95. The van der Waals surface area contributed by atoms with Gasteiger partial charge >= 0.3 is 5.97 Å². The number of aromatic nitrogens is 2. The van der Waals surface area contributed by atoms with Gasteiger partial charge in [0.05, 0.1) is 24.9 Å². The molecule has 3 rings (SSSR count). The molecule has 0 saturated carbocycles. The third kappa shape index (κ3) is 6.14. The van der Waals surface area contributed by atoms with E-state index in [1.165, 1.54) is 11.3 Å². The Morgan fingerprint density at radius 3 is 3.04 bits per heavy atom. The molecular formula is C19H17BrN4O3S. The molecule has 2 aromatic heterocycles. The Labute approximate surface area is 174 Å². The molecule has 1 N–H and O–H groups in total. The largest absolute Gasteiger partial charge is 0.466 e. The fourth-order valence-corrected chi connectivity index (χ4v) is 3.06. The molecule has 0 spiro atoms. The number of nitrogens with zero attached hydrogens (tertiary/aromatic N) is 3. The Hall–Kier alpha value is -2.78. The Bertz CT molecular complexity index is 960. The van der Waals surface area contributed by atoms with Crippen molar-refractivity contribution in [3.63, 3.8) is 0 Å². The van der Waals surface area contributed by atoms with Gasteiger partial charge in [-0.2, -0.15) is 5.10 Å². The Balaban J connectivity index is 1.56. The number of rotatable bonds is 8. The molecule has 0 aliphatic heterocycles. The Morgan fingerprint density at radius 2 is 2.25 bits per heavy atom. The maximum absolute atomic E-state index is 11.5. The number of halogens is 1. The predicted octanol–water partition coefficient (Wildman–Crippen LogP) is 4.64. The van der Waals surface area contributed by atoms with Crippen molar-refractivity contribution in [1.82, 2.24) is 9.97 Å². The standard InChI is InChI=1S/C19H17BrN4O3S/c1-2-26-18(25)9-15-12-28-19(23-15)24-22-10-13-4-3-5-16(8-13)27-17-7-6-14(20)11-21-17/h3-8,10-12H,2,9H2,1H3,(H,23,24). The van der Waals surface area contributed by atoms with E-state index in [-0.39, 0.29) is 12.4 Å². The summed E-state index contributed by atoms with van der Waals surface area (Å²) in [6, 6.07) is 11.1. The lowest BCUT2D eigenvalue weighted by Gasteiger charge is -2.05. The van der Waals surface area contributed by atoms with Crippen LogP contribution in [0.3, 0.4) is 0 Å². The van der Waals surface area contributed by atoms with Crippen LogP contribution >= 0.6 is 27.3 Å². The quantitative estimate of drug-likeness (QED) is 0.299. The van der Waals surface area contributed by atoms with E-state index in [4.69, 9.17) is 9.47 Å². The lowest BCUT2D eigenvalue weighted by molar-refractivity contribution is -0.142. The van der Waals surface area contributed by atoms with Crippen LogP contribution in [-0.2, 0) is 16.0 Å². The van der Waals surface area contributed by atoms with Crippen molar-refractivity contribution < 1.29 is 14.3 Å². The van der Waals surface area contributed by atoms with Gasteiger partial charge in [0.25, 0.3) is 0 Å². The maximum Gasteiger partial charge on any atom is 0.311 e. The van der Waals surface area contributed by atoms with Gasteiger partial charge in [0.2, 0.25) is 11.0 Å². The number of nitrogens with one attached hydrogen (secondary N) is 1. The minimum Gasteiger partial charge on any atom is -0.466 e. The molecule has 0 bridgehead atoms. The average molecular weight is 461 g/mol. The number of hydrogen-bond acceptors (Lipinski definition) is 8. The molecule has 0 aliphatic rings. The maximum atomic E-state index is 11.5. The SMILES string of the molecule is CCOC(=O)Cc1csc(NN=Cc2cccc(Oc3ccc(Br)cn3)c2)n1. The van der Waals surface area contributed by atoms with Gasteiger partial charge in [-0.1, -0.05) is 12.1 Å². The highest BCUT2D eigenvalue weighted by molar-refractivity contribution is 9.10. The summed E-state index contributed by atoms with van der Waals surface area (Å²) in [4.78, 5) is 20.0. The van der Waals surface area contributed by atoms with Crippen LogP contribution < -0.4 is 10.2 Å². The molecule has 0 fully saturated rings. The van der Waals surface area contributed by atoms with Crippen LogP contribution in [0.4, 0.5) is 5.13 Å². The topological polar surface area (TPSA) is 85.7 Å². The van der Waals surface area contributed by atoms with Gasteiger partial charge in [0.1, 0.15) is 5.75 Å². The van der Waals surface area contributed by atoms with E-state index < -0.39 is 0 Å². The number of hydrogen-bond donors (Lipinski definition) is 1. The summed E-state index contributed by atoms with van der Waals surface area (Å²) in [6.45, 7) is 2.13. The predicted molar refractivity (Wildman–Crippen MR) is 112 cm³/mol. The van der Waals surface area contributed by atoms with Gasteiger partial charge in [0, 0.05) is 22.1 Å². The van der Waals surface area contributed by atoms with Crippen molar-refractivity contribution in [2.24, 2.45) is 5.10 Å². The highest BCUT2D eigenvalue weighted by Gasteiger charge is 2.08. The number of ether oxygens (including phenoxy) is 2. The normalized spacial score (nSPS) is 10.8. The summed E-state index contributed by atoms with van der Waals surface area (Å²) in [7, 11) is 0. The number of benzene rings is 1. The molecule has 9 heteroatoms. The zero-order valence-corrected chi connectivity index (χ0v) is 17.4. The minimum atomic E-state index is -0.292. The lowest BCUT2D eigenvalue weighted by Crippen LogP contribution is -2.07. The smallest absolute Gasteiger partial charge is 0.311 e. The Kier molecular flexibility index (Phi) is 7.10. The van der Waals surface area contributed by atoms with E-state index in [2.05, 4.69) is 36.4 Å². The first-order valence-corrected chi connectivity index (χ1v) is 10.1. The first kappa shape index (κ1) is 20.0. The second-order valence-electron chi connectivity index (χ2n) is 5.49. The average Bonchev–Trinajstić information content (AvgIpc) is 3.11. The summed E-state index contributed by atoms with van der Waals surface area (Å²) < 4.78 is 11.5. The van der Waals surface area contributed by atoms with E-state index in [1.54, 1.807) is 30.8 Å². The number of pyridine rings is 1. The highest BCUT2D eigenvalue weighted by atomic mass is 79.9. The second-order valence-corrected chi connectivity index (χ2v) is 7.26. The van der Waals surface area contributed by atoms with Crippen LogP contribution in [0.25, 0.3) is 0 Å². The van der Waals surface area contributed by atoms with Gasteiger partial charge in [-0.05, 0) is 46.6 Å². The zero-order valence-electron chi connectivity index (χ0n) is 15.0. The van der Waals surface area contributed by atoms with Crippen LogP contribution in [0.1, 0.15) is 18.2 Å². The van der Waals surface area contributed by atoms with E-state index in [9.17, 15) is 4.79 Å². The van der Waals surface area contributed by atoms with Crippen LogP contribution in [0.5, 0.6) is 11.6 Å². The monoisotopic (exact) mass is 460 g/mol. The third-order valence-corrected chi connectivity index (χ3v) is 4.60. The first-order chi connectivity index (χ1) is 13.6. The zero-order chi connectivity index (χ0) is 19.8. The molecule has 3 aromatic rings. The van der Waals surface area contributed by atoms with Crippen molar-refractivity contribution in [2.75, 3.05) is 12.0 Å². The van der Waals surface area contributed by atoms with Gasteiger partial charge in [-0.3, -0.25) is 10.2 Å². The number of carbonyl (C=O) groups is 1. The summed E-state index contributed by atoms with van der Waals surface area (Å²) in [5.41, 5.74) is 4.36. The number of thiazole rings is 1. The number of carbonyl (C=O) groups excluding carboxylic acids is 1. The fraction of sp³-hybridized carbons (Fsp3) is 0.158. The molecule has 7 nitrogen and oxygen atoms in total. The lowest BCUT2D eigenvalue weighted by atomic mass is 10.2. The molecule has 0 amide bonds. The van der Waals surface area contributed by atoms with Crippen molar-refractivity contribution in [2.45, 2.75) is 13.3 Å². The molecule has 0 saturated heterocycles. The van der Waals surface area contributed by atoms with Gasteiger partial charge in [-0.15, -0.1) is 11.3 Å². The van der Waals surface area contributed by atoms with Crippen LogP contribution in [0.15, 0.2) is 57.5 Å². The number of hydrazone groups is 1. The molecular weight excluding hydrogens is 444 g/mol. The summed E-state index contributed by atoms with van der Waals surface area (Å²) >= 11 is 4.71. The van der Waals surface area contributed by atoms with E-state index in [0.717, 1.165) is 10.0 Å². The van der Waals surface area contributed by atoms with E-state index >= 15 is 0 Å². The van der Waals surface area contributed by atoms with Crippen LogP contribution in [-0.4, -0.2) is 28.8 Å². The van der Waals surface area contributed by atoms with Crippen molar-refractivity contribution in [1.29, 1.82) is 0 Å². The van der Waals surface area contributed by atoms with Gasteiger partial charge < -0.3 is 9.47 Å². The van der Waals surface area contributed by atoms with Crippen LogP contribution in [0, 0.1) is 0 Å². The molecule has 28 heavy (non-hydrogen) atoms. The van der Waals surface area contributed by atoms with Crippen molar-refractivity contribution in [3.05, 3.63) is 63.7 Å². The molecule has 0 unspecified atom stereocenters. The first-order valence-electron chi connectivity index (χ1n) is 8.41. The highest BCUT2D eigenvalue weighted by Crippen LogP contribution is 2.21. The van der Waals surface area contributed by atoms with E-state index in [0.29, 0.717) is 29.1 Å². The Morgan fingerprint density at radius 1 is 1.36 bits per heavy atom. The van der Waals surface area contributed by atoms with Crippen LogP contribution in [0.2, 0.25) is 0 Å². The van der Waals surface area contributed by atoms with Gasteiger partial charge in [0.15, 0.2) is 0 Å². The van der Waals surface area contributed by atoms with E-state index in [1.807, 2.05) is 30.3 Å². The van der Waals surface area contributed by atoms with Crippen molar-refractivity contribution in [3.8, 4) is 11.6 Å².